The highest BCUT2D eigenvalue weighted by Crippen LogP contribution is 2.18. The first-order chi connectivity index (χ1) is 8.31. The van der Waals surface area contributed by atoms with Gasteiger partial charge in [0, 0.05) is 32.7 Å². The van der Waals surface area contributed by atoms with E-state index in [2.05, 4.69) is 17.1 Å². The van der Waals surface area contributed by atoms with Crippen molar-refractivity contribution >= 4 is 5.91 Å². The lowest BCUT2D eigenvalue weighted by molar-refractivity contribution is -0.135. The van der Waals surface area contributed by atoms with Gasteiger partial charge >= 0.3 is 0 Å². The third kappa shape index (κ3) is 3.42. The van der Waals surface area contributed by atoms with Gasteiger partial charge in [0.2, 0.25) is 5.91 Å². The maximum Gasteiger partial charge on any atom is 0.223 e. The fourth-order valence-electron chi connectivity index (χ4n) is 2.55. The van der Waals surface area contributed by atoms with E-state index in [0.29, 0.717) is 24.5 Å². The normalized spacial score (nSPS) is 24.6. The van der Waals surface area contributed by atoms with E-state index in [1.165, 1.54) is 0 Å². The van der Waals surface area contributed by atoms with E-state index in [0.717, 1.165) is 51.9 Å². The third-order valence-corrected chi connectivity index (χ3v) is 3.69. The first kappa shape index (κ1) is 12.8. The highest BCUT2D eigenvalue weighted by Gasteiger charge is 2.28. The monoisotopic (exact) mass is 240 g/mol. The first-order valence-electron chi connectivity index (χ1n) is 6.93. The van der Waals surface area contributed by atoms with Crippen LogP contribution >= 0.6 is 0 Å². The molecule has 0 radical (unpaired) electrons. The van der Waals surface area contributed by atoms with Crippen LogP contribution in [0.1, 0.15) is 39.0 Å². The summed E-state index contributed by atoms with van der Waals surface area (Å²) in [5.74, 6) is 0.314. The van der Waals surface area contributed by atoms with Crippen molar-refractivity contribution in [3.63, 3.8) is 0 Å². The van der Waals surface area contributed by atoms with Crippen LogP contribution in [0.5, 0.6) is 0 Å². The molecule has 0 aromatic rings. The van der Waals surface area contributed by atoms with Crippen molar-refractivity contribution in [3.05, 3.63) is 0 Å². The highest BCUT2D eigenvalue weighted by atomic mass is 16.5. The van der Waals surface area contributed by atoms with Gasteiger partial charge in [-0.25, -0.2) is 0 Å². The molecule has 0 aliphatic carbocycles. The number of rotatable bonds is 6. The summed E-state index contributed by atoms with van der Waals surface area (Å²) < 4.78 is 5.56. The molecule has 4 heteroatoms. The predicted octanol–water partition coefficient (Wildman–Crippen LogP) is 1.16. The van der Waals surface area contributed by atoms with Crippen molar-refractivity contribution in [3.8, 4) is 0 Å². The Kier molecular flexibility index (Phi) is 4.80. The van der Waals surface area contributed by atoms with Crippen LogP contribution in [0.3, 0.4) is 0 Å². The zero-order chi connectivity index (χ0) is 12.1. The predicted molar refractivity (Wildman–Crippen MR) is 66.9 cm³/mol. The molecule has 17 heavy (non-hydrogen) atoms. The lowest BCUT2D eigenvalue weighted by Crippen LogP contribution is -2.59. The molecule has 2 heterocycles. The fraction of sp³-hybridized carbons (Fsp3) is 0.923. The van der Waals surface area contributed by atoms with Crippen molar-refractivity contribution in [2.45, 2.75) is 51.2 Å². The number of nitrogens with zero attached hydrogens (tertiary/aromatic N) is 1. The Morgan fingerprint density at radius 2 is 2.29 bits per heavy atom. The van der Waals surface area contributed by atoms with Gasteiger partial charge in [0.05, 0.1) is 12.1 Å². The summed E-state index contributed by atoms with van der Waals surface area (Å²) in [4.78, 5) is 14.2. The smallest absolute Gasteiger partial charge is 0.223 e. The Bertz CT molecular complexity index is 248. The van der Waals surface area contributed by atoms with E-state index in [1.54, 1.807) is 0 Å². The number of carbonyl (C=O) groups excluding carboxylic acids is 1. The molecule has 0 bridgehead atoms. The molecule has 1 unspecified atom stereocenters. The Morgan fingerprint density at radius 1 is 1.47 bits per heavy atom. The van der Waals surface area contributed by atoms with Crippen LogP contribution in [0.15, 0.2) is 0 Å². The summed E-state index contributed by atoms with van der Waals surface area (Å²) in [5.41, 5.74) is 0. The van der Waals surface area contributed by atoms with E-state index in [4.69, 9.17) is 4.74 Å². The van der Waals surface area contributed by atoms with E-state index >= 15 is 0 Å². The molecule has 0 spiro atoms. The molecule has 0 saturated carbocycles. The molecular weight excluding hydrogens is 216 g/mol. The zero-order valence-electron chi connectivity index (χ0n) is 10.8. The lowest BCUT2D eigenvalue weighted by Gasteiger charge is -2.38. The van der Waals surface area contributed by atoms with Gasteiger partial charge in [0.25, 0.3) is 0 Å². The molecule has 98 valence electrons. The first-order valence-corrected chi connectivity index (χ1v) is 6.93. The third-order valence-electron chi connectivity index (χ3n) is 3.69. The zero-order valence-corrected chi connectivity index (χ0v) is 10.8. The van der Waals surface area contributed by atoms with Crippen LogP contribution in [-0.4, -0.2) is 49.2 Å². The molecule has 2 aliphatic rings. The van der Waals surface area contributed by atoms with Crippen LogP contribution in [0.4, 0.5) is 0 Å². The molecule has 0 aromatic heterocycles. The minimum absolute atomic E-state index is 0.314. The molecule has 2 saturated heterocycles. The molecular formula is C13H24N2O2. The maximum absolute atomic E-state index is 12.2. The molecule has 0 aromatic carbocycles. The van der Waals surface area contributed by atoms with Crippen LogP contribution in [0.2, 0.25) is 0 Å². The fourth-order valence-corrected chi connectivity index (χ4v) is 2.55. The van der Waals surface area contributed by atoms with Crippen molar-refractivity contribution < 1.29 is 9.53 Å². The number of hydrogen-bond acceptors (Lipinski definition) is 3. The minimum Gasteiger partial charge on any atom is -0.378 e. The molecule has 2 aliphatic heterocycles. The van der Waals surface area contributed by atoms with Gasteiger partial charge in [-0.1, -0.05) is 6.92 Å². The van der Waals surface area contributed by atoms with E-state index in [-0.39, 0.29) is 0 Å². The Balaban J connectivity index is 1.74. The largest absolute Gasteiger partial charge is 0.378 e. The average Bonchev–Trinajstić information content (AvgIpc) is 2.75. The average molecular weight is 240 g/mol. The van der Waals surface area contributed by atoms with Gasteiger partial charge in [-0.15, -0.1) is 0 Å². The van der Waals surface area contributed by atoms with Crippen LogP contribution in [0, 0.1) is 0 Å². The number of nitrogens with one attached hydrogen (secondary N) is 1. The SMILES string of the molecule is CCCN(C(=O)CCC1CCCO1)C1CNC1. The summed E-state index contributed by atoms with van der Waals surface area (Å²) in [5, 5.41) is 3.23. The number of amides is 1. The summed E-state index contributed by atoms with van der Waals surface area (Å²) in [6.07, 6.45) is 5.22. The van der Waals surface area contributed by atoms with Crippen LogP contribution < -0.4 is 5.32 Å². The van der Waals surface area contributed by atoms with Gasteiger partial charge < -0.3 is 15.0 Å². The molecule has 1 N–H and O–H groups in total. The highest BCUT2D eigenvalue weighted by molar-refractivity contribution is 5.76. The second-order valence-electron chi connectivity index (χ2n) is 5.07. The van der Waals surface area contributed by atoms with Gasteiger partial charge in [-0.2, -0.15) is 0 Å². The van der Waals surface area contributed by atoms with Crippen LogP contribution in [-0.2, 0) is 9.53 Å². The molecule has 2 rings (SSSR count). The molecule has 1 atom stereocenters. The Morgan fingerprint density at radius 3 is 2.82 bits per heavy atom. The summed E-state index contributed by atoms with van der Waals surface area (Å²) in [7, 11) is 0. The van der Waals surface area contributed by atoms with Crippen molar-refractivity contribution in [2.75, 3.05) is 26.2 Å². The minimum atomic E-state index is 0.314. The second kappa shape index (κ2) is 6.36. The Hall–Kier alpha value is -0.610. The maximum atomic E-state index is 12.2. The number of hydrogen-bond donors (Lipinski definition) is 1. The molecule has 1 amide bonds. The number of ether oxygens (including phenoxy) is 1. The van der Waals surface area contributed by atoms with Crippen molar-refractivity contribution in [1.82, 2.24) is 10.2 Å². The Labute approximate surface area is 104 Å². The second-order valence-corrected chi connectivity index (χ2v) is 5.07. The molecule has 2 fully saturated rings. The summed E-state index contributed by atoms with van der Waals surface area (Å²) in [6.45, 7) is 5.84. The van der Waals surface area contributed by atoms with E-state index in [1.807, 2.05) is 0 Å². The topological polar surface area (TPSA) is 41.6 Å². The van der Waals surface area contributed by atoms with Gasteiger partial charge in [-0.05, 0) is 25.7 Å². The van der Waals surface area contributed by atoms with Crippen molar-refractivity contribution in [1.29, 1.82) is 0 Å². The number of carbonyl (C=O) groups is 1. The summed E-state index contributed by atoms with van der Waals surface area (Å²) >= 11 is 0. The summed E-state index contributed by atoms with van der Waals surface area (Å²) in [6, 6.07) is 0.437. The van der Waals surface area contributed by atoms with Crippen LogP contribution in [0.25, 0.3) is 0 Å². The van der Waals surface area contributed by atoms with Gasteiger partial charge in [0.1, 0.15) is 0 Å². The lowest BCUT2D eigenvalue weighted by atomic mass is 10.1. The van der Waals surface area contributed by atoms with E-state index in [9.17, 15) is 4.79 Å². The quantitative estimate of drug-likeness (QED) is 0.757. The van der Waals surface area contributed by atoms with E-state index < -0.39 is 0 Å². The van der Waals surface area contributed by atoms with Gasteiger partial charge in [0.15, 0.2) is 0 Å². The molecule has 4 nitrogen and oxygen atoms in total. The van der Waals surface area contributed by atoms with Crippen molar-refractivity contribution in [2.24, 2.45) is 0 Å². The standard InChI is InChI=1S/C13H24N2O2/c1-2-7-15(11-9-14-10-11)13(16)6-5-12-4-3-8-17-12/h11-12,14H,2-10H2,1H3. The van der Waals surface area contributed by atoms with Gasteiger partial charge in [-0.3, -0.25) is 4.79 Å².